The van der Waals surface area contributed by atoms with Gasteiger partial charge in [-0.3, -0.25) is 4.79 Å². The third-order valence-electron chi connectivity index (χ3n) is 3.97. The predicted octanol–water partition coefficient (Wildman–Crippen LogP) is 2.75. The molecule has 1 aliphatic rings. The van der Waals surface area contributed by atoms with E-state index in [1.807, 2.05) is 26.0 Å². The first-order valence-electron chi connectivity index (χ1n) is 8.01. The number of ether oxygens (including phenoxy) is 2. The largest absolute Gasteiger partial charge is 0.483 e. The molecule has 1 aliphatic heterocycles. The topological polar surface area (TPSA) is 59.1 Å². The van der Waals surface area contributed by atoms with E-state index in [1.54, 1.807) is 16.7 Å². The molecule has 132 valence electrons. The summed E-state index contributed by atoms with van der Waals surface area (Å²) in [7, 11) is 0. The highest BCUT2D eigenvalue weighted by Gasteiger charge is 2.25. The van der Waals surface area contributed by atoms with Crippen LogP contribution in [0.1, 0.15) is 18.1 Å². The van der Waals surface area contributed by atoms with E-state index >= 15 is 0 Å². The Morgan fingerprint density at radius 1 is 1.08 bits per heavy atom. The highest BCUT2D eigenvalue weighted by atomic mass is 79.9. The maximum absolute atomic E-state index is 12.3. The molecule has 0 radical (unpaired) electrons. The molecule has 1 fully saturated rings. The van der Waals surface area contributed by atoms with Gasteiger partial charge in [0.1, 0.15) is 5.75 Å². The van der Waals surface area contributed by atoms with Gasteiger partial charge in [0, 0.05) is 30.7 Å². The predicted molar refractivity (Wildman–Crippen MR) is 94.3 cm³/mol. The van der Waals surface area contributed by atoms with E-state index in [9.17, 15) is 9.59 Å². The average Bonchev–Trinajstić information content (AvgIpc) is 2.57. The molecule has 0 atom stereocenters. The van der Waals surface area contributed by atoms with Gasteiger partial charge in [0.25, 0.3) is 5.91 Å². The molecule has 0 saturated carbocycles. The van der Waals surface area contributed by atoms with Crippen molar-refractivity contribution in [3.63, 3.8) is 0 Å². The van der Waals surface area contributed by atoms with Crippen LogP contribution in [0.25, 0.3) is 0 Å². The van der Waals surface area contributed by atoms with Gasteiger partial charge in [-0.2, -0.15) is 0 Å². The molecule has 0 N–H and O–H groups in total. The van der Waals surface area contributed by atoms with Crippen molar-refractivity contribution < 1.29 is 19.1 Å². The van der Waals surface area contributed by atoms with E-state index in [-0.39, 0.29) is 18.6 Å². The maximum atomic E-state index is 12.3. The van der Waals surface area contributed by atoms with E-state index in [2.05, 4.69) is 15.9 Å². The Labute approximate surface area is 150 Å². The first-order chi connectivity index (χ1) is 11.4. The lowest BCUT2D eigenvalue weighted by molar-refractivity contribution is -0.134. The van der Waals surface area contributed by atoms with Crippen LogP contribution >= 0.6 is 15.9 Å². The van der Waals surface area contributed by atoms with Crippen molar-refractivity contribution in [2.75, 3.05) is 39.4 Å². The SMILES string of the molecule is CCOC(=O)N1CCN(C(=O)COc2cc(C)c(Br)cc2C)CC1. The van der Waals surface area contributed by atoms with Gasteiger partial charge in [-0.15, -0.1) is 0 Å². The van der Waals surface area contributed by atoms with Gasteiger partial charge < -0.3 is 19.3 Å². The molecule has 0 aromatic heterocycles. The number of halogens is 1. The Morgan fingerprint density at radius 2 is 1.71 bits per heavy atom. The molecule has 6 nitrogen and oxygen atoms in total. The summed E-state index contributed by atoms with van der Waals surface area (Å²) >= 11 is 3.48. The molecule has 2 amide bonds. The van der Waals surface area contributed by atoms with Crippen LogP contribution < -0.4 is 4.74 Å². The summed E-state index contributed by atoms with van der Waals surface area (Å²) in [5.74, 6) is 0.646. The van der Waals surface area contributed by atoms with Crippen molar-refractivity contribution in [3.8, 4) is 5.75 Å². The van der Waals surface area contributed by atoms with Gasteiger partial charge in [-0.25, -0.2) is 4.79 Å². The second kappa shape index (κ2) is 8.37. The first-order valence-corrected chi connectivity index (χ1v) is 8.80. The number of hydrogen-bond acceptors (Lipinski definition) is 4. The Morgan fingerprint density at radius 3 is 2.33 bits per heavy atom. The highest BCUT2D eigenvalue weighted by molar-refractivity contribution is 9.10. The molecule has 0 spiro atoms. The third kappa shape index (κ3) is 4.63. The van der Waals surface area contributed by atoms with Gasteiger partial charge in [-0.1, -0.05) is 15.9 Å². The number of piperazine rings is 1. The van der Waals surface area contributed by atoms with Crippen LogP contribution in [-0.4, -0.2) is 61.2 Å². The Bertz CT molecular complexity index is 613. The van der Waals surface area contributed by atoms with E-state index in [0.717, 1.165) is 15.6 Å². The summed E-state index contributed by atoms with van der Waals surface area (Å²) in [5.41, 5.74) is 2.04. The van der Waals surface area contributed by atoms with Crippen molar-refractivity contribution in [1.29, 1.82) is 0 Å². The smallest absolute Gasteiger partial charge is 0.409 e. The number of nitrogens with zero attached hydrogens (tertiary/aromatic N) is 2. The van der Waals surface area contributed by atoms with Gasteiger partial charge >= 0.3 is 6.09 Å². The zero-order valence-electron chi connectivity index (χ0n) is 14.3. The summed E-state index contributed by atoms with van der Waals surface area (Å²) in [5, 5.41) is 0. The fourth-order valence-electron chi connectivity index (χ4n) is 2.49. The van der Waals surface area contributed by atoms with Gasteiger partial charge in [-0.05, 0) is 44.0 Å². The minimum absolute atomic E-state index is 0.00131. The van der Waals surface area contributed by atoms with Crippen molar-refractivity contribution in [2.24, 2.45) is 0 Å². The molecule has 2 rings (SSSR count). The monoisotopic (exact) mass is 398 g/mol. The van der Waals surface area contributed by atoms with E-state index in [4.69, 9.17) is 9.47 Å². The number of rotatable bonds is 4. The molecule has 0 aliphatic carbocycles. The van der Waals surface area contributed by atoms with Crippen LogP contribution in [0.4, 0.5) is 4.79 Å². The summed E-state index contributed by atoms with van der Waals surface area (Å²) < 4.78 is 11.7. The molecule has 1 aromatic rings. The zero-order chi connectivity index (χ0) is 17.7. The van der Waals surface area contributed by atoms with Crippen molar-refractivity contribution in [2.45, 2.75) is 20.8 Å². The second-order valence-corrected chi connectivity index (χ2v) is 6.58. The normalized spacial score (nSPS) is 14.5. The number of aryl methyl sites for hydroxylation is 2. The van der Waals surface area contributed by atoms with Crippen LogP contribution in [-0.2, 0) is 9.53 Å². The lowest BCUT2D eigenvalue weighted by Gasteiger charge is -2.34. The third-order valence-corrected chi connectivity index (χ3v) is 4.82. The second-order valence-electron chi connectivity index (χ2n) is 5.72. The van der Waals surface area contributed by atoms with Crippen LogP contribution in [0.5, 0.6) is 5.75 Å². The minimum atomic E-state index is -0.318. The average molecular weight is 399 g/mol. The molecule has 1 aromatic carbocycles. The molecule has 0 unspecified atom stereocenters. The number of benzene rings is 1. The van der Waals surface area contributed by atoms with Crippen molar-refractivity contribution >= 4 is 27.9 Å². The summed E-state index contributed by atoms with van der Waals surface area (Å²) in [6.07, 6.45) is -0.318. The molecule has 1 saturated heterocycles. The fourth-order valence-corrected chi connectivity index (χ4v) is 2.95. The van der Waals surface area contributed by atoms with E-state index < -0.39 is 0 Å². The van der Waals surface area contributed by atoms with Crippen LogP contribution in [0.2, 0.25) is 0 Å². The van der Waals surface area contributed by atoms with Crippen LogP contribution in [0, 0.1) is 13.8 Å². The fraction of sp³-hybridized carbons (Fsp3) is 0.529. The number of carbonyl (C=O) groups is 2. The number of carbonyl (C=O) groups excluding carboxylic acids is 2. The lowest BCUT2D eigenvalue weighted by Crippen LogP contribution is -2.51. The molecular formula is C17H23BrN2O4. The lowest BCUT2D eigenvalue weighted by atomic mass is 10.1. The molecule has 0 bridgehead atoms. The quantitative estimate of drug-likeness (QED) is 0.782. The van der Waals surface area contributed by atoms with Crippen molar-refractivity contribution in [3.05, 3.63) is 27.7 Å². The number of amides is 2. The standard InChI is InChI=1S/C17H23BrN2O4/c1-4-23-17(22)20-7-5-19(6-8-20)16(21)11-24-15-10-12(2)14(18)9-13(15)3/h9-10H,4-8,11H2,1-3H3. The Balaban J connectivity index is 1.84. The summed E-state index contributed by atoms with van der Waals surface area (Å²) in [6.45, 7) is 8.04. The highest BCUT2D eigenvalue weighted by Crippen LogP contribution is 2.26. The van der Waals surface area contributed by atoms with Gasteiger partial charge in [0.05, 0.1) is 6.61 Å². The van der Waals surface area contributed by atoms with Crippen molar-refractivity contribution in [1.82, 2.24) is 9.80 Å². The molecule has 24 heavy (non-hydrogen) atoms. The maximum Gasteiger partial charge on any atom is 0.409 e. The van der Waals surface area contributed by atoms with E-state index in [0.29, 0.717) is 38.5 Å². The van der Waals surface area contributed by atoms with E-state index in [1.165, 1.54) is 0 Å². The molecular weight excluding hydrogens is 376 g/mol. The summed E-state index contributed by atoms with van der Waals surface area (Å²) in [6, 6.07) is 3.90. The number of hydrogen-bond donors (Lipinski definition) is 0. The molecule has 7 heteroatoms. The Hall–Kier alpha value is -1.76. The first kappa shape index (κ1) is 18.6. The summed E-state index contributed by atoms with van der Waals surface area (Å²) in [4.78, 5) is 27.3. The molecule has 1 heterocycles. The van der Waals surface area contributed by atoms with Crippen LogP contribution in [0.15, 0.2) is 16.6 Å². The minimum Gasteiger partial charge on any atom is -0.483 e. The van der Waals surface area contributed by atoms with Crippen LogP contribution in [0.3, 0.4) is 0 Å². The van der Waals surface area contributed by atoms with Gasteiger partial charge in [0.2, 0.25) is 0 Å². The zero-order valence-corrected chi connectivity index (χ0v) is 15.9. The van der Waals surface area contributed by atoms with Gasteiger partial charge in [0.15, 0.2) is 6.61 Å². The Kier molecular flexibility index (Phi) is 6.48.